The normalized spacial score (nSPS) is 17.6. The number of anilines is 1. The van der Waals surface area contributed by atoms with E-state index in [0.29, 0.717) is 23.8 Å². The van der Waals surface area contributed by atoms with E-state index in [1.807, 2.05) is 24.3 Å². The molecule has 166 valence electrons. The Morgan fingerprint density at radius 2 is 1.87 bits per heavy atom. The zero-order valence-electron chi connectivity index (χ0n) is 18.4. The van der Waals surface area contributed by atoms with Gasteiger partial charge in [0.15, 0.2) is 6.10 Å². The van der Waals surface area contributed by atoms with Gasteiger partial charge in [-0.15, -0.1) is 0 Å². The SMILES string of the molecule is CC[C@@H](C)c1ccccc1NC(=O)[C@H](C)OC(=O)c1ccc(OC[C@@H]2CCCO2)cc1. The number of benzene rings is 2. The number of ether oxygens (including phenoxy) is 3. The molecule has 3 atom stereocenters. The summed E-state index contributed by atoms with van der Waals surface area (Å²) >= 11 is 0. The van der Waals surface area contributed by atoms with Crippen molar-refractivity contribution in [3.05, 3.63) is 59.7 Å². The van der Waals surface area contributed by atoms with E-state index in [2.05, 4.69) is 19.2 Å². The molecule has 0 aliphatic carbocycles. The van der Waals surface area contributed by atoms with Crippen molar-refractivity contribution in [1.29, 1.82) is 0 Å². The quantitative estimate of drug-likeness (QED) is 0.576. The molecule has 1 saturated heterocycles. The number of hydrogen-bond acceptors (Lipinski definition) is 5. The fourth-order valence-electron chi connectivity index (χ4n) is 3.43. The molecule has 2 aromatic carbocycles. The number of nitrogens with one attached hydrogen (secondary N) is 1. The van der Waals surface area contributed by atoms with Gasteiger partial charge in [-0.2, -0.15) is 0 Å². The molecule has 2 aromatic rings. The molecular formula is C25H31NO5. The molecule has 1 aliphatic rings. The van der Waals surface area contributed by atoms with Crippen LogP contribution in [0.15, 0.2) is 48.5 Å². The van der Waals surface area contributed by atoms with Gasteiger partial charge in [0.05, 0.1) is 11.7 Å². The van der Waals surface area contributed by atoms with Crippen molar-refractivity contribution in [3.8, 4) is 5.75 Å². The number of hydrogen-bond donors (Lipinski definition) is 1. The summed E-state index contributed by atoms with van der Waals surface area (Å²) in [5, 5.41) is 2.89. The largest absolute Gasteiger partial charge is 0.491 e. The van der Waals surface area contributed by atoms with Crippen molar-refractivity contribution in [2.75, 3.05) is 18.5 Å². The van der Waals surface area contributed by atoms with Crippen LogP contribution in [-0.2, 0) is 14.3 Å². The third kappa shape index (κ3) is 6.31. The number of amides is 1. The molecule has 3 rings (SSSR count). The predicted octanol–water partition coefficient (Wildman–Crippen LogP) is 4.94. The molecule has 0 radical (unpaired) electrons. The summed E-state index contributed by atoms with van der Waals surface area (Å²) in [6.45, 7) is 7.07. The molecule has 1 amide bonds. The summed E-state index contributed by atoms with van der Waals surface area (Å²) in [7, 11) is 0. The monoisotopic (exact) mass is 425 g/mol. The second-order valence-electron chi connectivity index (χ2n) is 7.90. The van der Waals surface area contributed by atoms with Crippen LogP contribution in [0.25, 0.3) is 0 Å². The smallest absolute Gasteiger partial charge is 0.338 e. The van der Waals surface area contributed by atoms with Gasteiger partial charge >= 0.3 is 5.97 Å². The van der Waals surface area contributed by atoms with Crippen molar-refractivity contribution in [2.45, 2.75) is 58.2 Å². The molecule has 0 aromatic heterocycles. The van der Waals surface area contributed by atoms with Gasteiger partial charge in [0.25, 0.3) is 5.91 Å². The van der Waals surface area contributed by atoms with Gasteiger partial charge in [-0.1, -0.05) is 32.0 Å². The Labute approximate surface area is 183 Å². The van der Waals surface area contributed by atoms with Crippen LogP contribution < -0.4 is 10.1 Å². The molecule has 1 heterocycles. The third-order valence-corrected chi connectivity index (χ3v) is 5.56. The Morgan fingerprint density at radius 1 is 1.13 bits per heavy atom. The molecule has 0 unspecified atom stereocenters. The Morgan fingerprint density at radius 3 is 2.55 bits per heavy atom. The zero-order chi connectivity index (χ0) is 22.2. The van der Waals surface area contributed by atoms with Crippen molar-refractivity contribution in [1.82, 2.24) is 0 Å². The minimum atomic E-state index is -0.923. The average molecular weight is 426 g/mol. The molecule has 6 heteroatoms. The van der Waals surface area contributed by atoms with E-state index < -0.39 is 12.1 Å². The number of esters is 1. The number of carbonyl (C=O) groups excluding carboxylic acids is 2. The molecular weight excluding hydrogens is 394 g/mol. The van der Waals surface area contributed by atoms with Crippen LogP contribution in [-0.4, -0.2) is 37.3 Å². The van der Waals surface area contributed by atoms with Crippen molar-refractivity contribution >= 4 is 17.6 Å². The van der Waals surface area contributed by atoms with E-state index >= 15 is 0 Å². The van der Waals surface area contributed by atoms with Crippen LogP contribution in [0.4, 0.5) is 5.69 Å². The molecule has 31 heavy (non-hydrogen) atoms. The molecule has 6 nitrogen and oxygen atoms in total. The van der Waals surface area contributed by atoms with E-state index in [1.165, 1.54) is 0 Å². The van der Waals surface area contributed by atoms with Gasteiger partial charge in [-0.25, -0.2) is 4.79 Å². The van der Waals surface area contributed by atoms with Gasteiger partial charge in [0, 0.05) is 12.3 Å². The summed E-state index contributed by atoms with van der Waals surface area (Å²) in [5.74, 6) is 0.0685. The lowest BCUT2D eigenvalue weighted by Crippen LogP contribution is -2.30. The number of para-hydroxylation sites is 1. The first kappa shape index (κ1) is 22.8. The third-order valence-electron chi connectivity index (χ3n) is 5.56. The molecule has 0 bridgehead atoms. The Bertz CT molecular complexity index is 874. The van der Waals surface area contributed by atoms with E-state index in [4.69, 9.17) is 14.2 Å². The van der Waals surface area contributed by atoms with Crippen molar-refractivity contribution in [3.63, 3.8) is 0 Å². The first-order chi connectivity index (χ1) is 15.0. The van der Waals surface area contributed by atoms with Crippen LogP contribution in [0.5, 0.6) is 5.75 Å². The summed E-state index contributed by atoms with van der Waals surface area (Å²) in [6, 6.07) is 14.4. The van der Waals surface area contributed by atoms with Gasteiger partial charge in [-0.05, 0) is 68.0 Å². The first-order valence-electron chi connectivity index (χ1n) is 10.9. The molecule has 1 aliphatic heterocycles. The highest BCUT2D eigenvalue weighted by Gasteiger charge is 2.21. The van der Waals surface area contributed by atoms with Gasteiger partial charge in [-0.3, -0.25) is 4.79 Å². The Kier molecular flexibility index (Phi) is 8.06. The van der Waals surface area contributed by atoms with E-state index in [0.717, 1.165) is 37.1 Å². The lowest BCUT2D eigenvalue weighted by Gasteiger charge is -2.18. The molecule has 1 fully saturated rings. The summed E-state index contributed by atoms with van der Waals surface area (Å²) in [6.07, 6.45) is 2.24. The number of carbonyl (C=O) groups is 2. The summed E-state index contributed by atoms with van der Waals surface area (Å²) < 4.78 is 16.6. The van der Waals surface area contributed by atoms with Gasteiger partial charge in [0.1, 0.15) is 12.4 Å². The molecule has 1 N–H and O–H groups in total. The highest BCUT2D eigenvalue weighted by atomic mass is 16.5. The maximum absolute atomic E-state index is 12.6. The highest BCUT2D eigenvalue weighted by Crippen LogP contribution is 2.26. The highest BCUT2D eigenvalue weighted by molar-refractivity contribution is 5.97. The van der Waals surface area contributed by atoms with Crippen LogP contribution in [0.2, 0.25) is 0 Å². The molecule has 0 saturated carbocycles. The minimum Gasteiger partial charge on any atom is -0.491 e. The summed E-state index contributed by atoms with van der Waals surface area (Å²) in [5.41, 5.74) is 2.18. The number of rotatable bonds is 9. The maximum Gasteiger partial charge on any atom is 0.338 e. The Balaban J connectivity index is 1.53. The van der Waals surface area contributed by atoms with Crippen LogP contribution in [0, 0.1) is 0 Å². The maximum atomic E-state index is 12.6. The first-order valence-corrected chi connectivity index (χ1v) is 10.9. The fourth-order valence-corrected chi connectivity index (χ4v) is 3.43. The lowest BCUT2D eigenvalue weighted by molar-refractivity contribution is -0.123. The summed E-state index contributed by atoms with van der Waals surface area (Å²) in [4.78, 5) is 25.0. The second kappa shape index (κ2) is 11.0. The van der Waals surface area contributed by atoms with E-state index in [1.54, 1.807) is 31.2 Å². The van der Waals surface area contributed by atoms with Crippen molar-refractivity contribution < 1.29 is 23.8 Å². The lowest BCUT2D eigenvalue weighted by atomic mass is 9.97. The van der Waals surface area contributed by atoms with Gasteiger partial charge < -0.3 is 19.5 Å². The minimum absolute atomic E-state index is 0.134. The van der Waals surface area contributed by atoms with Crippen molar-refractivity contribution in [2.24, 2.45) is 0 Å². The van der Waals surface area contributed by atoms with E-state index in [-0.39, 0.29) is 12.0 Å². The average Bonchev–Trinajstić information content (AvgIpc) is 3.31. The standard InChI is InChI=1S/C25H31NO5/c1-4-17(2)22-9-5-6-10-23(22)26-24(27)18(3)31-25(28)19-11-13-20(14-12-19)30-16-21-8-7-15-29-21/h5-6,9-14,17-18,21H,4,7-8,15-16H2,1-3H3,(H,26,27)/t17-,18+,21+/m1/s1. The Hall–Kier alpha value is -2.86. The van der Waals surface area contributed by atoms with Gasteiger partial charge in [0.2, 0.25) is 0 Å². The fraction of sp³-hybridized carbons (Fsp3) is 0.440. The zero-order valence-corrected chi connectivity index (χ0v) is 18.4. The predicted molar refractivity (Wildman–Crippen MR) is 120 cm³/mol. The topological polar surface area (TPSA) is 73.9 Å². The van der Waals surface area contributed by atoms with Crippen LogP contribution in [0.3, 0.4) is 0 Å². The molecule has 0 spiro atoms. The van der Waals surface area contributed by atoms with E-state index in [9.17, 15) is 9.59 Å². The second-order valence-corrected chi connectivity index (χ2v) is 7.90. The van der Waals surface area contributed by atoms with Crippen LogP contribution >= 0.6 is 0 Å². The van der Waals surface area contributed by atoms with Crippen LogP contribution in [0.1, 0.15) is 61.9 Å².